The number of ether oxygens (including phenoxy) is 2. The Balaban J connectivity index is 1.30. The summed E-state index contributed by atoms with van der Waals surface area (Å²) in [5.74, 6) is 0.663. The van der Waals surface area contributed by atoms with Crippen molar-refractivity contribution in [3.63, 3.8) is 0 Å². The lowest BCUT2D eigenvalue weighted by atomic mass is 9.92. The van der Waals surface area contributed by atoms with Crippen LogP contribution < -0.4 is 15.4 Å². The minimum Gasteiger partial charge on any atom is -0.489 e. The van der Waals surface area contributed by atoms with Gasteiger partial charge in [-0.1, -0.05) is 0 Å². The first-order valence-electron chi connectivity index (χ1n) is 8.50. The zero-order valence-electron chi connectivity index (χ0n) is 13.9. The Hall–Kier alpha value is -2.44. The topological polar surface area (TPSA) is 72.5 Å². The molecule has 2 aromatic rings. The highest BCUT2D eigenvalue weighted by Crippen LogP contribution is 2.29. The molecule has 2 saturated heterocycles. The Morgan fingerprint density at radius 1 is 1.24 bits per heavy atom. The minimum absolute atomic E-state index is 0.0530. The summed E-state index contributed by atoms with van der Waals surface area (Å²) in [6.45, 7) is 2.82. The van der Waals surface area contributed by atoms with Crippen LogP contribution in [0.5, 0.6) is 5.75 Å². The molecule has 130 valence electrons. The molecule has 6 heteroatoms. The SMILES string of the molecule is O=C(NC1COC2(CNC2)C1)c1ccc(OCc2ccncc2)cc1. The lowest BCUT2D eigenvalue weighted by Gasteiger charge is -2.38. The summed E-state index contributed by atoms with van der Waals surface area (Å²) in [5.41, 5.74) is 1.63. The van der Waals surface area contributed by atoms with Crippen LogP contribution in [0.1, 0.15) is 22.3 Å². The first kappa shape index (κ1) is 16.1. The first-order valence-corrected chi connectivity index (χ1v) is 8.50. The van der Waals surface area contributed by atoms with Crippen LogP contribution in [0.4, 0.5) is 0 Å². The summed E-state index contributed by atoms with van der Waals surface area (Å²) >= 11 is 0. The zero-order chi connectivity index (χ0) is 17.1. The van der Waals surface area contributed by atoms with Crippen LogP contribution in [0, 0.1) is 0 Å². The van der Waals surface area contributed by atoms with Crippen LogP contribution in [0.15, 0.2) is 48.8 Å². The van der Waals surface area contributed by atoms with Crippen molar-refractivity contribution in [2.24, 2.45) is 0 Å². The van der Waals surface area contributed by atoms with Gasteiger partial charge in [0.25, 0.3) is 5.91 Å². The molecule has 2 fully saturated rings. The number of nitrogens with one attached hydrogen (secondary N) is 2. The van der Waals surface area contributed by atoms with Crippen LogP contribution in [0.2, 0.25) is 0 Å². The molecule has 1 aromatic carbocycles. The van der Waals surface area contributed by atoms with Gasteiger partial charge in [0.1, 0.15) is 12.4 Å². The van der Waals surface area contributed by atoms with Crippen molar-refractivity contribution in [2.45, 2.75) is 24.7 Å². The maximum atomic E-state index is 12.4. The summed E-state index contributed by atoms with van der Waals surface area (Å²) in [6, 6.07) is 11.1. The Bertz CT molecular complexity index is 729. The fraction of sp³-hybridized carbons (Fsp3) is 0.368. The van der Waals surface area contributed by atoms with E-state index in [1.165, 1.54) is 0 Å². The molecule has 0 bridgehead atoms. The number of hydrogen-bond donors (Lipinski definition) is 2. The summed E-state index contributed by atoms with van der Waals surface area (Å²) < 4.78 is 11.5. The van der Waals surface area contributed by atoms with Gasteiger partial charge in [0, 0.05) is 37.5 Å². The first-order chi connectivity index (χ1) is 12.2. The predicted octanol–water partition coefficient (Wildman–Crippen LogP) is 1.52. The molecule has 6 nitrogen and oxygen atoms in total. The van der Waals surface area contributed by atoms with Gasteiger partial charge in [-0.25, -0.2) is 0 Å². The Kier molecular flexibility index (Phi) is 4.38. The molecule has 1 unspecified atom stereocenters. The molecular weight excluding hydrogens is 318 g/mol. The molecule has 0 aliphatic carbocycles. The van der Waals surface area contributed by atoms with Crippen molar-refractivity contribution >= 4 is 5.91 Å². The van der Waals surface area contributed by atoms with E-state index in [1.54, 1.807) is 24.5 Å². The van der Waals surface area contributed by atoms with Crippen LogP contribution in [-0.2, 0) is 11.3 Å². The molecule has 1 atom stereocenters. The molecule has 1 aromatic heterocycles. The maximum Gasteiger partial charge on any atom is 0.251 e. The second kappa shape index (κ2) is 6.82. The van der Waals surface area contributed by atoms with Crippen molar-refractivity contribution in [1.82, 2.24) is 15.6 Å². The van der Waals surface area contributed by atoms with Gasteiger partial charge in [-0.15, -0.1) is 0 Å². The van der Waals surface area contributed by atoms with Crippen molar-refractivity contribution in [3.8, 4) is 5.75 Å². The maximum absolute atomic E-state index is 12.4. The average Bonchev–Trinajstić information content (AvgIpc) is 3.06. The number of benzene rings is 1. The van der Waals surface area contributed by atoms with E-state index in [9.17, 15) is 4.79 Å². The monoisotopic (exact) mass is 339 g/mol. The number of hydrogen-bond acceptors (Lipinski definition) is 5. The van der Waals surface area contributed by atoms with Gasteiger partial charge >= 0.3 is 0 Å². The molecule has 4 rings (SSSR count). The zero-order valence-corrected chi connectivity index (χ0v) is 13.9. The number of rotatable bonds is 5. The number of carbonyl (C=O) groups excluding carboxylic acids is 1. The molecule has 0 saturated carbocycles. The summed E-state index contributed by atoms with van der Waals surface area (Å²) in [7, 11) is 0. The van der Waals surface area contributed by atoms with Crippen LogP contribution in [-0.4, -0.2) is 42.2 Å². The Morgan fingerprint density at radius 2 is 2.00 bits per heavy atom. The van der Waals surface area contributed by atoms with Gasteiger partial charge in [0.2, 0.25) is 0 Å². The average molecular weight is 339 g/mol. The quantitative estimate of drug-likeness (QED) is 0.864. The van der Waals surface area contributed by atoms with E-state index < -0.39 is 0 Å². The van der Waals surface area contributed by atoms with Gasteiger partial charge < -0.3 is 20.1 Å². The molecule has 1 spiro atoms. The molecule has 25 heavy (non-hydrogen) atoms. The lowest BCUT2D eigenvalue weighted by molar-refractivity contribution is -0.0360. The molecule has 3 heterocycles. The van der Waals surface area contributed by atoms with Gasteiger partial charge in [-0.05, 0) is 42.0 Å². The second-order valence-corrected chi connectivity index (χ2v) is 6.64. The standard InChI is InChI=1S/C19H21N3O3/c23-18(22-16-9-19(25-11-16)12-21-13-19)15-1-3-17(4-2-15)24-10-14-5-7-20-8-6-14/h1-8,16,21H,9-13H2,(H,22,23). The molecule has 2 aliphatic rings. The number of aromatic nitrogens is 1. The predicted molar refractivity (Wildman–Crippen MR) is 92.4 cm³/mol. The van der Waals surface area contributed by atoms with Gasteiger partial charge in [0.05, 0.1) is 18.2 Å². The number of amides is 1. The van der Waals surface area contributed by atoms with Gasteiger partial charge in [-0.2, -0.15) is 0 Å². The highest BCUT2D eigenvalue weighted by atomic mass is 16.5. The van der Waals surface area contributed by atoms with Crippen LogP contribution >= 0.6 is 0 Å². The van der Waals surface area contributed by atoms with E-state index in [0.29, 0.717) is 18.8 Å². The van der Waals surface area contributed by atoms with Gasteiger partial charge in [0.15, 0.2) is 0 Å². The van der Waals surface area contributed by atoms with Crippen LogP contribution in [0.25, 0.3) is 0 Å². The van der Waals surface area contributed by atoms with Gasteiger partial charge in [-0.3, -0.25) is 9.78 Å². The summed E-state index contributed by atoms with van der Waals surface area (Å²) in [4.78, 5) is 16.4. The molecule has 0 radical (unpaired) electrons. The largest absolute Gasteiger partial charge is 0.489 e. The third-order valence-electron chi connectivity index (χ3n) is 4.71. The van der Waals surface area contributed by atoms with Crippen molar-refractivity contribution in [3.05, 3.63) is 59.9 Å². The molecule has 2 aliphatic heterocycles. The van der Waals surface area contributed by atoms with E-state index in [2.05, 4.69) is 15.6 Å². The third kappa shape index (κ3) is 3.65. The second-order valence-electron chi connectivity index (χ2n) is 6.64. The van der Waals surface area contributed by atoms with Crippen molar-refractivity contribution < 1.29 is 14.3 Å². The van der Waals surface area contributed by atoms with Crippen molar-refractivity contribution in [2.75, 3.05) is 19.7 Å². The molecule has 2 N–H and O–H groups in total. The van der Waals surface area contributed by atoms with Crippen LogP contribution in [0.3, 0.4) is 0 Å². The lowest BCUT2D eigenvalue weighted by Crippen LogP contribution is -2.59. The number of nitrogens with zero attached hydrogens (tertiary/aromatic N) is 1. The number of pyridine rings is 1. The smallest absolute Gasteiger partial charge is 0.251 e. The Morgan fingerprint density at radius 3 is 2.64 bits per heavy atom. The fourth-order valence-corrected chi connectivity index (χ4v) is 3.20. The van der Waals surface area contributed by atoms with E-state index in [4.69, 9.17) is 9.47 Å². The van der Waals surface area contributed by atoms with E-state index >= 15 is 0 Å². The summed E-state index contributed by atoms with van der Waals surface area (Å²) in [5, 5.41) is 6.28. The van der Waals surface area contributed by atoms with E-state index in [0.717, 1.165) is 30.8 Å². The Labute approximate surface area is 146 Å². The highest BCUT2D eigenvalue weighted by Gasteiger charge is 2.45. The van der Waals surface area contributed by atoms with Crippen molar-refractivity contribution in [1.29, 1.82) is 0 Å². The molecular formula is C19H21N3O3. The summed E-state index contributed by atoms with van der Waals surface area (Å²) in [6.07, 6.45) is 4.35. The van der Waals surface area contributed by atoms with E-state index in [-0.39, 0.29) is 17.6 Å². The van der Waals surface area contributed by atoms with E-state index in [1.807, 2.05) is 24.3 Å². The third-order valence-corrected chi connectivity index (χ3v) is 4.71. The number of carbonyl (C=O) groups is 1. The fourth-order valence-electron chi connectivity index (χ4n) is 3.20. The molecule has 1 amide bonds. The normalized spacial score (nSPS) is 20.9. The highest BCUT2D eigenvalue weighted by molar-refractivity contribution is 5.94. The minimum atomic E-state index is -0.0707.